The standard InChI is InChI=1S/C13H15F5N2S.2ClH/c14-12(15)11(20-7-5-19-6-8-20)9-1-3-10(4-2-9)21-13(16,17)18;;/h1-4,11-12,19H,5-8H2;2*1H/t11-;;/m0../s1. The Labute approximate surface area is 148 Å². The molecule has 0 aromatic heterocycles. The third-order valence-electron chi connectivity index (χ3n) is 3.24. The summed E-state index contributed by atoms with van der Waals surface area (Å²) in [5.41, 5.74) is -4.03. The van der Waals surface area contributed by atoms with Crippen molar-refractivity contribution in [2.24, 2.45) is 0 Å². The second-order valence-electron chi connectivity index (χ2n) is 4.68. The lowest BCUT2D eigenvalue weighted by atomic mass is 10.1. The van der Waals surface area contributed by atoms with Crippen molar-refractivity contribution in [2.45, 2.75) is 22.9 Å². The Morgan fingerprint density at radius 2 is 1.52 bits per heavy atom. The lowest BCUT2D eigenvalue weighted by molar-refractivity contribution is -0.0328. The summed E-state index contributed by atoms with van der Waals surface area (Å²) in [5.74, 6) is 0. The van der Waals surface area contributed by atoms with Gasteiger partial charge in [-0.2, -0.15) is 13.2 Å². The number of halogens is 7. The van der Waals surface area contributed by atoms with Crippen LogP contribution in [-0.2, 0) is 0 Å². The van der Waals surface area contributed by atoms with Gasteiger partial charge in [-0.25, -0.2) is 8.78 Å². The molecular weight excluding hydrogens is 382 g/mol. The molecule has 0 bridgehead atoms. The minimum Gasteiger partial charge on any atom is -0.314 e. The molecule has 0 unspecified atom stereocenters. The molecule has 0 radical (unpaired) electrons. The highest BCUT2D eigenvalue weighted by Gasteiger charge is 2.31. The van der Waals surface area contributed by atoms with Gasteiger partial charge in [0.2, 0.25) is 0 Å². The van der Waals surface area contributed by atoms with Crippen LogP contribution >= 0.6 is 36.6 Å². The number of rotatable bonds is 4. The van der Waals surface area contributed by atoms with Crippen LogP contribution in [-0.4, -0.2) is 43.0 Å². The maximum absolute atomic E-state index is 13.3. The average Bonchev–Trinajstić information content (AvgIpc) is 2.40. The largest absolute Gasteiger partial charge is 0.446 e. The second-order valence-corrected chi connectivity index (χ2v) is 5.82. The fourth-order valence-electron chi connectivity index (χ4n) is 2.34. The summed E-state index contributed by atoms with van der Waals surface area (Å²) in [6, 6.07) is 4.12. The van der Waals surface area contributed by atoms with Crippen molar-refractivity contribution >= 4 is 36.6 Å². The van der Waals surface area contributed by atoms with Crippen LogP contribution in [0.5, 0.6) is 0 Å². The van der Waals surface area contributed by atoms with Gasteiger partial charge in [0.15, 0.2) is 0 Å². The highest BCUT2D eigenvalue weighted by molar-refractivity contribution is 8.00. The van der Waals surface area contributed by atoms with E-state index in [0.29, 0.717) is 31.7 Å². The van der Waals surface area contributed by atoms with E-state index in [2.05, 4.69) is 5.32 Å². The molecule has 10 heteroatoms. The molecule has 0 aliphatic carbocycles. The van der Waals surface area contributed by atoms with E-state index in [4.69, 9.17) is 0 Å². The van der Waals surface area contributed by atoms with Gasteiger partial charge in [-0.3, -0.25) is 4.90 Å². The van der Waals surface area contributed by atoms with Crippen molar-refractivity contribution in [1.29, 1.82) is 0 Å². The Balaban J connectivity index is 0.00000242. The van der Waals surface area contributed by atoms with Gasteiger partial charge in [0, 0.05) is 31.1 Å². The number of hydrogen-bond donors (Lipinski definition) is 1. The molecule has 0 saturated carbocycles. The van der Waals surface area contributed by atoms with Gasteiger partial charge in [0.25, 0.3) is 6.43 Å². The van der Waals surface area contributed by atoms with Crippen LogP contribution in [0.25, 0.3) is 0 Å². The van der Waals surface area contributed by atoms with Crippen LogP contribution in [0.1, 0.15) is 11.6 Å². The molecule has 23 heavy (non-hydrogen) atoms. The Hall–Kier alpha value is -0.280. The predicted molar refractivity (Wildman–Crippen MR) is 86.0 cm³/mol. The number of thioether (sulfide) groups is 1. The quantitative estimate of drug-likeness (QED) is 0.599. The monoisotopic (exact) mass is 398 g/mol. The number of hydrogen-bond acceptors (Lipinski definition) is 3. The van der Waals surface area contributed by atoms with Gasteiger partial charge in [-0.1, -0.05) is 12.1 Å². The van der Waals surface area contributed by atoms with E-state index >= 15 is 0 Å². The van der Waals surface area contributed by atoms with E-state index in [1.165, 1.54) is 24.3 Å². The van der Waals surface area contributed by atoms with Crippen molar-refractivity contribution in [3.05, 3.63) is 29.8 Å². The SMILES string of the molecule is Cl.Cl.FC(F)[C@H](c1ccc(SC(F)(F)F)cc1)N1CCNCC1. The number of alkyl halides is 5. The Morgan fingerprint density at radius 1 is 1.00 bits per heavy atom. The molecule has 2 nitrogen and oxygen atoms in total. The number of piperazine rings is 1. The minimum absolute atomic E-state index is 0. The summed E-state index contributed by atoms with van der Waals surface area (Å²) in [4.78, 5) is 1.66. The third kappa shape index (κ3) is 7.01. The summed E-state index contributed by atoms with van der Waals surface area (Å²) in [7, 11) is 0. The summed E-state index contributed by atoms with van der Waals surface area (Å²) in [6.45, 7) is 2.25. The molecule has 1 fully saturated rings. The van der Waals surface area contributed by atoms with E-state index in [9.17, 15) is 22.0 Å². The van der Waals surface area contributed by atoms with Crippen LogP contribution in [0.3, 0.4) is 0 Å². The molecule has 0 spiro atoms. The first-order valence-corrected chi connectivity index (χ1v) is 7.27. The van der Waals surface area contributed by atoms with Gasteiger partial charge < -0.3 is 5.32 Å². The summed E-state index contributed by atoms with van der Waals surface area (Å²) in [5, 5.41) is 3.08. The van der Waals surface area contributed by atoms with Crippen LogP contribution in [0, 0.1) is 0 Å². The Bertz CT molecular complexity index is 453. The first-order valence-electron chi connectivity index (χ1n) is 6.45. The van der Waals surface area contributed by atoms with Crippen LogP contribution in [0.4, 0.5) is 22.0 Å². The highest BCUT2D eigenvalue weighted by atomic mass is 35.5. The molecule has 1 aromatic rings. The second kappa shape index (κ2) is 9.88. The Kier molecular flexibility index (Phi) is 9.76. The van der Waals surface area contributed by atoms with Gasteiger partial charge in [-0.05, 0) is 29.5 Å². The van der Waals surface area contributed by atoms with Crippen LogP contribution in [0.15, 0.2) is 29.2 Å². The lowest BCUT2D eigenvalue weighted by Crippen LogP contribution is -2.46. The molecule has 2 rings (SSSR count). The molecule has 1 aliphatic rings. The molecule has 1 heterocycles. The number of nitrogens with zero attached hydrogens (tertiary/aromatic N) is 1. The van der Waals surface area contributed by atoms with E-state index < -0.39 is 18.0 Å². The van der Waals surface area contributed by atoms with Crippen molar-refractivity contribution in [3.8, 4) is 0 Å². The summed E-state index contributed by atoms with van der Waals surface area (Å²) >= 11 is -0.246. The molecule has 1 saturated heterocycles. The van der Waals surface area contributed by atoms with E-state index in [1.807, 2.05) is 0 Å². The zero-order chi connectivity index (χ0) is 15.5. The lowest BCUT2D eigenvalue weighted by Gasteiger charge is -2.34. The molecule has 1 atom stereocenters. The summed E-state index contributed by atoms with van der Waals surface area (Å²) in [6.07, 6.45) is -2.58. The molecular formula is C13H17Cl2F5N2S. The zero-order valence-corrected chi connectivity index (χ0v) is 14.3. The summed E-state index contributed by atoms with van der Waals surface area (Å²) < 4.78 is 63.3. The maximum atomic E-state index is 13.3. The van der Waals surface area contributed by atoms with E-state index in [0.717, 1.165) is 0 Å². The van der Waals surface area contributed by atoms with Gasteiger partial charge in [0.05, 0.1) is 6.04 Å². The molecule has 134 valence electrons. The molecule has 1 aliphatic heterocycles. The van der Waals surface area contributed by atoms with Gasteiger partial charge in [-0.15, -0.1) is 24.8 Å². The minimum atomic E-state index is -4.37. The number of nitrogens with one attached hydrogen (secondary N) is 1. The highest BCUT2D eigenvalue weighted by Crippen LogP contribution is 2.37. The average molecular weight is 399 g/mol. The van der Waals surface area contributed by atoms with E-state index in [-0.39, 0.29) is 41.5 Å². The number of benzene rings is 1. The predicted octanol–water partition coefficient (Wildman–Crippen LogP) is 4.35. The van der Waals surface area contributed by atoms with Crippen molar-refractivity contribution in [1.82, 2.24) is 10.2 Å². The smallest absolute Gasteiger partial charge is 0.314 e. The third-order valence-corrected chi connectivity index (χ3v) is 3.98. The van der Waals surface area contributed by atoms with Gasteiger partial charge in [0.1, 0.15) is 0 Å². The van der Waals surface area contributed by atoms with Gasteiger partial charge >= 0.3 is 5.51 Å². The topological polar surface area (TPSA) is 15.3 Å². The van der Waals surface area contributed by atoms with E-state index in [1.54, 1.807) is 4.90 Å². The molecule has 1 N–H and O–H groups in total. The van der Waals surface area contributed by atoms with Crippen LogP contribution < -0.4 is 5.32 Å². The fourth-order valence-corrected chi connectivity index (χ4v) is 2.88. The molecule has 0 amide bonds. The maximum Gasteiger partial charge on any atom is 0.446 e. The normalized spacial score (nSPS) is 17.3. The fraction of sp³-hybridized carbons (Fsp3) is 0.538. The first-order chi connectivity index (χ1) is 9.87. The van der Waals surface area contributed by atoms with Crippen molar-refractivity contribution < 1.29 is 22.0 Å². The Morgan fingerprint density at radius 3 is 1.96 bits per heavy atom. The molecule has 1 aromatic carbocycles. The zero-order valence-electron chi connectivity index (χ0n) is 11.9. The van der Waals surface area contributed by atoms with Crippen molar-refractivity contribution in [3.63, 3.8) is 0 Å². The van der Waals surface area contributed by atoms with Crippen LogP contribution in [0.2, 0.25) is 0 Å². The first kappa shape index (κ1) is 22.7. The van der Waals surface area contributed by atoms with Crippen molar-refractivity contribution in [2.75, 3.05) is 26.2 Å².